The molecular formula is C13H25NO2. The average Bonchev–Trinajstić information content (AvgIpc) is 2.70. The third-order valence-electron chi connectivity index (χ3n) is 3.46. The molecule has 0 N–H and O–H groups in total. The molecule has 0 radical (unpaired) electrons. The van der Waals surface area contributed by atoms with Gasteiger partial charge in [0.2, 0.25) is 0 Å². The largest absolute Gasteiger partial charge is 0.461 e. The van der Waals surface area contributed by atoms with Gasteiger partial charge in [-0.2, -0.15) is 0 Å². The smallest absolute Gasteiger partial charge is 0.311 e. The zero-order chi connectivity index (χ0) is 12.2. The maximum atomic E-state index is 11.8. The maximum absolute atomic E-state index is 11.8. The minimum absolute atomic E-state index is 0.0106. The van der Waals surface area contributed by atoms with Crippen LogP contribution in [0.25, 0.3) is 0 Å². The number of ether oxygens (including phenoxy) is 1. The van der Waals surface area contributed by atoms with Gasteiger partial charge in [-0.25, -0.2) is 0 Å². The van der Waals surface area contributed by atoms with Gasteiger partial charge in [0, 0.05) is 6.54 Å². The highest BCUT2D eigenvalue weighted by Crippen LogP contribution is 2.22. The quantitative estimate of drug-likeness (QED) is 0.676. The van der Waals surface area contributed by atoms with Gasteiger partial charge >= 0.3 is 5.97 Å². The van der Waals surface area contributed by atoms with Crippen molar-refractivity contribution in [3.05, 3.63) is 0 Å². The van der Waals surface area contributed by atoms with Crippen LogP contribution in [-0.2, 0) is 9.53 Å². The summed E-state index contributed by atoms with van der Waals surface area (Å²) in [6.45, 7) is 11.1. The van der Waals surface area contributed by atoms with Gasteiger partial charge in [-0.05, 0) is 53.1 Å². The Morgan fingerprint density at radius 1 is 1.38 bits per heavy atom. The molecular weight excluding hydrogens is 202 g/mol. The summed E-state index contributed by atoms with van der Waals surface area (Å²) in [5, 5.41) is 0. The van der Waals surface area contributed by atoms with Crippen LogP contribution in [0.1, 0.15) is 47.0 Å². The summed E-state index contributed by atoms with van der Waals surface area (Å²) in [4.78, 5) is 14.2. The molecule has 1 aliphatic rings. The molecule has 1 saturated heterocycles. The van der Waals surface area contributed by atoms with Gasteiger partial charge in [-0.15, -0.1) is 0 Å². The Balaban J connectivity index is 2.32. The lowest BCUT2D eigenvalue weighted by Gasteiger charge is -2.26. The number of hydrogen-bond acceptors (Lipinski definition) is 3. The van der Waals surface area contributed by atoms with Crippen LogP contribution in [0.5, 0.6) is 0 Å². The Morgan fingerprint density at radius 2 is 1.94 bits per heavy atom. The van der Waals surface area contributed by atoms with Crippen molar-refractivity contribution in [2.45, 2.75) is 53.1 Å². The summed E-state index contributed by atoms with van der Waals surface area (Å²) in [5.41, 5.74) is -0.348. The molecule has 0 amide bonds. The van der Waals surface area contributed by atoms with Crippen LogP contribution in [0.15, 0.2) is 0 Å². The Morgan fingerprint density at radius 3 is 2.44 bits per heavy atom. The first-order valence-electron chi connectivity index (χ1n) is 6.39. The Labute approximate surface area is 99.1 Å². The van der Waals surface area contributed by atoms with Crippen molar-refractivity contribution in [1.29, 1.82) is 0 Å². The van der Waals surface area contributed by atoms with E-state index in [2.05, 4.69) is 4.90 Å². The fourth-order valence-electron chi connectivity index (χ4n) is 1.85. The van der Waals surface area contributed by atoms with Gasteiger partial charge in [-0.3, -0.25) is 9.69 Å². The SMILES string of the molecule is CCC(C)(C)C(=O)OC(C)CN1CCCC1. The van der Waals surface area contributed by atoms with Crippen molar-refractivity contribution in [3.8, 4) is 0 Å². The van der Waals surface area contributed by atoms with Crippen LogP contribution >= 0.6 is 0 Å². The number of carbonyl (C=O) groups is 1. The molecule has 1 atom stereocenters. The van der Waals surface area contributed by atoms with Crippen molar-refractivity contribution < 1.29 is 9.53 Å². The van der Waals surface area contributed by atoms with Crippen molar-refractivity contribution in [2.75, 3.05) is 19.6 Å². The number of nitrogens with zero attached hydrogens (tertiary/aromatic N) is 1. The number of esters is 1. The Bertz CT molecular complexity index is 232. The molecule has 1 unspecified atom stereocenters. The lowest BCUT2D eigenvalue weighted by Crippen LogP contribution is -2.35. The first kappa shape index (κ1) is 13.5. The van der Waals surface area contributed by atoms with E-state index >= 15 is 0 Å². The van der Waals surface area contributed by atoms with E-state index in [1.807, 2.05) is 27.7 Å². The molecule has 94 valence electrons. The van der Waals surface area contributed by atoms with E-state index in [0.717, 1.165) is 26.1 Å². The van der Waals surface area contributed by atoms with Gasteiger partial charge in [0.15, 0.2) is 0 Å². The fourth-order valence-corrected chi connectivity index (χ4v) is 1.85. The van der Waals surface area contributed by atoms with E-state index in [1.54, 1.807) is 0 Å². The standard InChI is InChI=1S/C13H25NO2/c1-5-13(3,4)12(15)16-11(2)10-14-8-6-7-9-14/h11H,5-10H2,1-4H3. The van der Waals surface area contributed by atoms with E-state index in [1.165, 1.54) is 12.8 Å². The monoisotopic (exact) mass is 227 g/mol. The minimum atomic E-state index is -0.348. The number of hydrogen-bond donors (Lipinski definition) is 0. The number of likely N-dealkylation sites (tertiary alicyclic amines) is 1. The summed E-state index contributed by atoms with van der Waals surface area (Å²) in [6, 6.07) is 0. The zero-order valence-electron chi connectivity index (χ0n) is 11.1. The second-order valence-corrected chi connectivity index (χ2v) is 5.46. The van der Waals surface area contributed by atoms with Crippen LogP contribution in [0.2, 0.25) is 0 Å². The highest BCUT2D eigenvalue weighted by atomic mass is 16.5. The van der Waals surface area contributed by atoms with Crippen LogP contribution < -0.4 is 0 Å². The molecule has 1 rings (SSSR count). The van der Waals surface area contributed by atoms with E-state index < -0.39 is 0 Å². The van der Waals surface area contributed by atoms with Crippen molar-refractivity contribution >= 4 is 5.97 Å². The third kappa shape index (κ3) is 3.78. The summed E-state index contributed by atoms with van der Waals surface area (Å²) in [6.07, 6.45) is 3.39. The molecule has 0 aromatic heterocycles. The molecule has 1 heterocycles. The van der Waals surface area contributed by atoms with E-state index in [0.29, 0.717) is 0 Å². The summed E-state index contributed by atoms with van der Waals surface area (Å²) in [5.74, 6) is -0.0679. The summed E-state index contributed by atoms with van der Waals surface area (Å²) < 4.78 is 5.49. The molecule has 16 heavy (non-hydrogen) atoms. The van der Waals surface area contributed by atoms with Gasteiger partial charge < -0.3 is 4.74 Å². The van der Waals surface area contributed by atoms with Crippen LogP contribution in [-0.4, -0.2) is 36.6 Å². The second kappa shape index (κ2) is 5.67. The second-order valence-electron chi connectivity index (χ2n) is 5.46. The lowest BCUT2D eigenvalue weighted by atomic mass is 9.90. The summed E-state index contributed by atoms with van der Waals surface area (Å²) in [7, 11) is 0. The molecule has 1 fully saturated rings. The lowest BCUT2D eigenvalue weighted by molar-refractivity contribution is -0.159. The molecule has 0 saturated carbocycles. The zero-order valence-corrected chi connectivity index (χ0v) is 11.1. The van der Waals surface area contributed by atoms with Crippen LogP contribution in [0.3, 0.4) is 0 Å². The molecule has 0 spiro atoms. The normalized spacial score (nSPS) is 19.8. The van der Waals surface area contributed by atoms with Gasteiger partial charge in [0.05, 0.1) is 5.41 Å². The van der Waals surface area contributed by atoms with Crippen LogP contribution in [0.4, 0.5) is 0 Å². The summed E-state index contributed by atoms with van der Waals surface area (Å²) >= 11 is 0. The molecule has 0 bridgehead atoms. The Kier molecular flexibility index (Phi) is 4.78. The minimum Gasteiger partial charge on any atom is -0.461 e. The predicted molar refractivity (Wildman–Crippen MR) is 65.3 cm³/mol. The average molecular weight is 227 g/mol. The third-order valence-corrected chi connectivity index (χ3v) is 3.46. The number of rotatable bonds is 5. The molecule has 0 aromatic carbocycles. The first-order chi connectivity index (χ1) is 7.45. The van der Waals surface area contributed by atoms with E-state index in [-0.39, 0.29) is 17.5 Å². The van der Waals surface area contributed by atoms with Gasteiger partial charge in [0.25, 0.3) is 0 Å². The molecule has 3 heteroatoms. The highest BCUT2D eigenvalue weighted by Gasteiger charge is 2.29. The van der Waals surface area contributed by atoms with Crippen molar-refractivity contribution in [1.82, 2.24) is 4.90 Å². The van der Waals surface area contributed by atoms with Crippen molar-refractivity contribution in [3.63, 3.8) is 0 Å². The fraction of sp³-hybridized carbons (Fsp3) is 0.923. The van der Waals surface area contributed by atoms with Crippen LogP contribution in [0, 0.1) is 5.41 Å². The van der Waals surface area contributed by atoms with E-state index in [4.69, 9.17) is 4.74 Å². The van der Waals surface area contributed by atoms with Gasteiger partial charge in [-0.1, -0.05) is 6.92 Å². The predicted octanol–water partition coefficient (Wildman–Crippen LogP) is 2.45. The maximum Gasteiger partial charge on any atom is 0.311 e. The molecule has 1 aliphatic heterocycles. The highest BCUT2D eigenvalue weighted by molar-refractivity contribution is 5.75. The van der Waals surface area contributed by atoms with Gasteiger partial charge in [0.1, 0.15) is 6.10 Å². The number of carbonyl (C=O) groups excluding carboxylic acids is 1. The molecule has 3 nitrogen and oxygen atoms in total. The molecule has 0 aliphatic carbocycles. The molecule has 0 aromatic rings. The van der Waals surface area contributed by atoms with Crippen molar-refractivity contribution in [2.24, 2.45) is 5.41 Å². The Hall–Kier alpha value is -0.570. The topological polar surface area (TPSA) is 29.5 Å². The van der Waals surface area contributed by atoms with E-state index in [9.17, 15) is 4.79 Å². The first-order valence-corrected chi connectivity index (χ1v) is 6.39.